The molecule has 2 N–H and O–H groups in total. The van der Waals surface area contributed by atoms with Crippen LogP contribution in [0.3, 0.4) is 0 Å². The molecule has 0 saturated heterocycles. The number of benzene rings is 1. The molecule has 0 amide bonds. The van der Waals surface area contributed by atoms with Gasteiger partial charge in [0.15, 0.2) is 5.82 Å². The summed E-state index contributed by atoms with van der Waals surface area (Å²) in [7, 11) is 0. The Hall–Kier alpha value is -1.88. The number of rotatable bonds is 4. The van der Waals surface area contributed by atoms with Gasteiger partial charge in [-0.3, -0.25) is 0 Å². The topological polar surface area (TPSA) is 66.0 Å². The first-order chi connectivity index (χ1) is 9.28. The highest BCUT2D eigenvalue weighted by Crippen LogP contribution is 2.31. The number of aromatic nitrogens is 3. The Morgan fingerprint density at radius 1 is 1.47 bits per heavy atom. The van der Waals surface area contributed by atoms with Gasteiger partial charge in [0.2, 0.25) is 0 Å². The summed E-state index contributed by atoms with van der Waals surface area (Å²) in [6, 6.07) is 6.34. The molecule has 0 fully saturated rings. The molecular formula is C14H18N4O. The lowest BCUT2D eigenvalue weighted by atomic mass is 10.1. The van der Waals surface area contributed by atoms with Crippen LogP contribution in [0.25, 0.3) is 0 Å². The summed E-state index contributed by atoms with van der Waals surface area (Å²) in [4.78, 5) is 4.19. The minimum Gasteiger partial charge on any atom is -0.486 e. The van der Waals surface area contributed by atoms with E-state index < -0.39 is 0 Å². The van der Waals surface area contributed by atoms with E-state index in [-0.39, 0.29) is 6.04 Å². The summed E-state index contributed by atoms with van der Waals surface area (Å²) in [6.45, 7) is 3.28. The van der Waals surface area contributed by atoms with Gasteiger partial charge >= 0.3 is 0 Å². The van der Waals surface area contributed by atoms with Crippen molar-refractivity contribution >= 4 is 0 Å². The third-order valence-corrected chi connectivity index (χ3v) is 3.60. The second kappa shape index (κ2) is 5.01. The molecule has 1 aromatic heterocycles. The molecule has 100 valence electrons. The van der Waals surface area contributed by atoms with Gasteiger partial charge in [-0.2, -0.15) is 5.10 Å². The Labute approximate surface area is 112 Å². The van der Waals surface area contributed by atoms with Crippen molar-refractivity contribution in [2.75, 3.05) is 0 Å². The molecule has 1 aromatic carbocycles. The summed E-state index contributed by atoms with van der Waals surface area (Å²) in [5.74, 6) is 1.72. The van der Waals surface area contributed by atoms with Crippen LogP contribution in [-0.2, 0) is 19.6 Å². The lowest BCUT2D eigenvalue weighted by molar-refractivity contribution is 0.287. The third kappa shape index (κ3) is 2.33. The number of aryl methyl sites for hydroxylation is 2. The van der Waals surface area contributed by atoms with E-state index in [1.807, 2.05) is 17.7 Å². The zero-order valence-electron chi connectivity index (χ0n) is 11.0. The maximum absolute atomic E-state index is 6.02. The van der Waals surface area contributed by atoms with E-state index >= 15 is 0 Å². The van der Waals surface area contributed by atoms with E-state index in [2.05, 4.69) is 22.2 Å². The molecule has 1 aliphatic carbocycles. The first-order valence-corrected chi connectivity index (χ1v) is 6.66. The highest BCUT2D eigenvalue weighted by atomic mass is 16.5. The molecule has 1 unspecified atom stereocenters. The highest BCUT2D eigenvalue weighted by Gasteiger charge is 2.19. The molecule has 0 aliphatic heterocycles. The molecule has 0 bridgehead atoms. The fourth-order valence-corrected chi connectivity index (χ4v) is 2.53. The van der Waals surface area contributed by atoms with E-state index in [1.54, 1.807) is 6.33 Å². The van der Waals surface area contributed by atoms with Crippen molar-refractivity contribution < 1.29 is 4.74 Å². The molecule has 0 saturated carbocycles. The van der Waals surface area contributed by atoms with E-state index in [0.29, 0.717) is 6.61 Å². The van der Waals surface area contributed by atoms with Crippen molar-refractivity contribution in [2.45, 2.75) is 39.0 Å². The van der Waals surface area contributed by atoms with Gasteiger partial charge in [0.1, 0.15) is 18.7 Å². The van der Waals surface area contributed by atoms with E-state index in [0.717, 1.165) is 31.0 Å². The van der Waals surface area contributed by atoms with Crippen molar-refractivity contribution in [3.8, 4) is 5.75 Å². The van der Waals surface area contributed by atoms with Gasteiger partial charge in [0.05, 0.1) is 0 Å². The second-order valence-corrected chi connectivity index (χ2v) is 4.79. The number of ether oxygens (including phenoxy) is 1. The van der Waals surface area contributed by atoms with Gasteiger partial charge < -0.3 is 10.5 Å². The number of nitrogens with two attached hydrogens (primary N) is 1. The number of hydrogen-bond acceptors (Lipinski definition) is 4. The van der Waals surface area contributed by atoms with Crippen LogP contribution >= 0.6 is 0 Å². The van der Waals surface area contributed by atoms with Crippen LogP contribution in [0, 0.1) is 0 Å². The Bertz CT molecular complexity index is 579. The molecule has 1 atom stereocenters. The average molecular weight is 258 g/mol. The Kier molecular flexibility index (Phi) is 3.21. The number of hydrogen-bond donors (Lipinski definition) is 1. The summed E-state index contributed by atoms with van der Waals surface area (Å²) in [5.41, 5.74) is 8.58. The maximum Gasteiger partial charge on any atom is 0.164 e. The van der Waals surface area contributed by atoms with E-state index in [9.17, 15) is 0 Å². The quantitative estimate of drug-likeness (QED) is 0.908. The van der Waals surface area contributed by atoms with Crippen molar-refractivity contribution in [1.82, 2.24) is 14.8 Å². The van der Waals surface area contributed by atoms with E-state index in [4.69, 9.17) is 10.5 Å². The first-order valence-electron chi connectivity index (χ1n) is 6.66. The van der Waals surface area contributed by atoms with Gasteiger partial charge in [-0.15, -0.1) is 0 Å². The van der Waals surface area contributed by atoms with Crippen LogP contribution in [0.1, 0.15) is 36.3 Å². The van der Waals surface area contributed by atoms with Crippen LogP contribution in [0.4, 0.5) is 0 Å². The predicted octanol–water partition coefficient (Wildman–Crippen LogP) is 1.82. The maximum atomic E-state index is 6.02. The zero-order valence-corrected chi connectivity index (χ0v) is 11.0. The van der Waals surface area contributed by atoms with Crippen LogP contribution in [0.2, 0.25) is 0 Å². The highest BCUT2D eigenvalue weighted by molar-refractivity contribution is 5.40. The van der Waals surface area contributed by atoms with Crippen molar-refractivity contribution in [3.63, 3.8) is 0 Å². The fraction of sp³-hybridized carbons (Fsp3) is 0.429. The van der Waals surface area contributed by atoms with Crippen LogP contribution in [-0.4, -0.2) is 14.8 Å². The molecule has 5 heteroatoms. The third-order valence-electron chi connectivity index (χ3n) is 3.60. The molecule has 1 heterocycles. The van der Waals surface area contributed by atoms with Gasteiger partial charge in [0, 0.05) is 12.6 Å². The summed E-state index contributed by atoms with van der Waals surface area (Å²) in [5, 5.41) is 4.12. The normalized spacial score (nSPS) is 17.5. The minimum absolute atomic E-state index is 0.187. The van der Waals surface area contributed by atoms with Crippen molar-refractivity contribution in [1.29, 1.82) is 0 Å². The standard InChI is InChI=1S/C14H18N4O/c1-2-18-14(16-9-17-18)8-19-11-4-5-12-10(7-11)3-6-13(12)15/h4-5,7,9,13H,2-3,6,8,15H2,1H3. The lowest BCUT2D eigenvalue weighted by Gasteiger charge is -2.09. The van der Waals surface area contributed by atoms with Gasteiger partial charge in [-0.05, 0) is 43.0 Å². The predicted molar refractivity (Wildman–Crippen MR) is 71.7 cm³/mol. The van der Waals surface area contributed by atoms with Gasteiger partial charge in [0.25, 0.3) is 0 Å². The SMILES string of the molecule is CCn1ncnc1COc1ccc2c(c1)CCC2N. The van der Waals surface area contributed by atoms with Gasteiger partial charge in [-0.25, -0.2) is 9.67 Å². The molecule has 19 heavy (non-hydrogen) atoms. The summed E-state index contributed by atoms with van der Waals surface area (Å²) >= 11 is 0. The minimum atomic E-state index is 0.187. The zero-order chi connectivity index (χ0) is 13.2. The Morgan fingerprint density at radius 3 is 3.21 bits per heavy atom. The van der Waals surface area contributed by atoms with Gasteiger partial charge in [-0.1, -0.05) is 6.07 Å². The Balaban J connectivity index is 1.71. The number of fused-ring (bicyclic) bond motifs is 1. The molecule has 3 rings (SSSR count). The molecular weight excluding hydrogens is 240 g/mol. The Morgan fingerprint density at radius 2 is 2.37 bits per heavy atom. The first kappa shape index (κ1) is 12.2. The van der Waals surface area contributed by atoms with E-state index in [1.165, 1.54) is 11.1 Å². The average Bonchev–Trinajstić information content (AvgIpc) is 3.03. The summed E-state index contributed by atoms with van der Waals surface area (Å²) < 4.78 is 7.63. The molecule has 5 nitrogen and oxygen atoms in total. The largest absolute Gasteiger partial charge is 0.486 e. The monoisotopic (exact) mass is 258 g/mol. The fourth-order valence-electron chi connectivity index (χ4n) is 2.53. The molecule has 1 aliphatic rings. The van der Waals surface area contributed by atoms with Crippen LogP contribution < -0.4 is 10.5 Å². The van der Waals surface area contributed by atoms with Crippen molar-refractivity contribution in [2.24, 2.45) is 5.73 Å². The smallest absolute Gasteiger partial charge is 0.164 e. The molecule has 0 spiro atoms. The molecule has 0 radical (unpaired) electrons. The summed E-state index contributed by atoms with van der Waals surface area (Å²) in [6.07, 6.45) is 3.63. The number of nitrogens with zero attached hydrogens (tertiary/aromatic N) is 3. The lowest BCUT2D eigenvalue weighted by Crippen LogP contribution is -2.07. The van der Waals surface area contributed by atoms with Crippen LogP contribution in [0.5, 0.6) is 5.75 Å². The van der Waals surface area contributed by atoms with Crippen LogP contribution in [0.15, 0.2) is 24.5 Å². The van der Waals surface area contributed by atoms with Crippen molar-refractivity contribution in [3.05, 3.63) is 41.5 Å². The molecule has 2 aromatic rings. The second-order valence-electron chi connectivity index (χ2n) is 4.79.